The quantitative estimate of drug-likeness (QED) is 0.228. The van der Waals surface area contributed by atoms with Gasteiger partial charge < -0.3 is 20.1 Å². The molecule has 0 saturated carbocycles. The van der Waals surface area contributed by atoms with Crippen molar-refractivity contribution in [3.8, 4) is 17.0 Å². The number of benzene rings is 2. The van der Waals surface area contributed by atoms with Crippen molar-refractivity contribution in [2.75, 3.05) is 19.9 Å². The average molecular weight is 559 g/mol. The number of phenolic OH excluding ortho intramolecular Hbond substituents is 1. The van der Waals surface area contributed by atoms with Crippen LogP contribution in [-0.4, -0.2) is 65.7 Å². The van der Waals surface area contributed by atoms with Crippen molar-refractivity contribution in [1.82, 2.24) is 20.1 Å². The molecule has 2 aliphatic heterocycles. The summed E-state index contributed by atoms with van der Waals surface area (Å²) in [4.78, 5) is 47.6. The Hall–Kier alpha value is -4.02. The Labute approximate surface area is 234 Å². The number of nitrogens with one attached hydrogen (secondary N) is 1. The van der Waals surface area contributed by atoms with Crippen LogP contribution in [0.15, 0.2) is 60.8 Å². The standard InChI is InChI=1S/C30H34N4O5Si/c1-20-11-12-31-26(15-20)21-5-8-23(9-6-21)30(18-33-17-22-7-10-24(35)16-25(22)27(33)36)28(37)34(29(38)32-30)19-39-13-14-40(2,3)4/h5-12,15-16,35H,13-14,17-19H2,1-4H3,(H,32,38). The number of urea groups is 1. The number of aryl methyl sites for hydroxylation is 1. The van der Waals surface area contributed by atoms with Crippen LogP contribution in [0.3, 0.4) is 0 Å². The number of aromatic hydroxyl groups is 1. The summed E-state index contributed by atoms with van der Waals surface area (Å²) in [5.41, 5.74) is 2.93. The molecule has 2 aliphatic rings. The Bertz CT molecular complexity index is 1470. The minimum Gasteiger partial charge on any atom is -0.508 e. The lowest BCUT2D eigenvalue weighted by Gasteiger charge is -2.32. The number of hydrogen-bond donors (Lipinski definition) is 2. The molecule has 1 fully saturated rings. The predicted octanol–water partition coefficient (Wildman–Crippen LogP) is 4.48. The molecule has 208 valence electrons. The zero-order valence-electron chi connectivity index (χ0n) is 23.2. The molecule has 3 heterocycles. The van der Waals surface area contributed by atoms with E-state index < -0.39 is 25.6 Å². The molecule has 1 saturated heterocycles. The third kappa shape index (κ3) is 5.37. The summed E-state index contributed by atoms with van der Waals surface area (Å²) in [7, 11) is -1.35. The molecule has 1 unspecified atom stereocenters. The van der Waals surface area contributed by atoms with Crippen LogP contribution in [0.1, 0.15) is 27.0 Å². The number of phenols is 1. The molecule has 0 bridgehead atoms. The Kier molecular flexibility index (Phi) is 7.24. The Morgan fingerprint density at radius 3 is 2.50 bits per heavy atom. The fourth-order valence-corrected chi connectivity index (χ4v) is 5.81. The summed E-state index contributed by atoms with van der Waals surface area (Å²) < 4.78 is 5.77. The van der Waals surface area contributed by atoms with Crippen LogP contribution in [0.4, 0.5) is 4.79 Å². The number of amides is 4. The Morgan fingerprint density at radius 1 is 1.05 bits per heavy atom. The van der Waals surface area contributed by atoms with E-state index in [1.54, 1.807) is 24.4 Å². The van der Waals surface area contributed by atoms with Gasteiger partial charge >= 0.3 is 6.03 Å². The number of ether oxygens (including phenoxy) is 1. The highest BCUT2D eigenvalue weighted by Crippen LogP contribution is 2.35. The van der Waals surface area contributed by atoms with Crippen LogP contribution in [0, 0.1) is 6.92 Å². The first-order chi connectivity index (χ1) is 19.0. The SMILES string of the molecule is Cc1ccnc(-c2ccc(C3(CN4Cc5ccc(O)cc5C4=O)NC(=O)N(COCC[Si](C)(C)C)C3=O)cc2)c1. The first-order valence-corrected chi connectivity index (χ1v) is 17.0. The Balaban J connectivity index is 1.45. The number of pyridine rings is 1. The number of aromatic nitrogens is 1. The van der Waals surface area contributed by atoms with Crippen molar-refractivity contribution in [3.63, 3.8) is 0 Å². The second-order valence-electron chi connectivity index (χ2n) is 11.7. The van der Waals surface area contributed by atoms with Gasteiger partial charge in [0.25, 0.3) is 11.8 Å². The second-order valence-corrected chi connectivity index (χ2v) is 17.3. The van der Waals surface area contributed by atoms with E-state index in [0.717, 1.165) is 33.3 Å². The van der Waals surface area contributed by atoms with Gasteiger partial charge in [-0.15, -0.1) is 0 Å². The molecular formula is C30H34N4O5Si. The molecule has 2 N–H and O–H groups in total. The van der Waals surface area contributed by atoms with Gasteiger partial charge in [-0.05, 0) is 53.9 Å². The number of carbonyl (C=O) groups is 3. The minimum atomic E-state index is -1.50. The normalized spacial score (nSPS) is 18.9. The van der Waals surface area contributed by atoms with E-state index in [9.17, 15) is 19.5 Å². The molecule has 1 aromatic heterocycles. The molecule has 40 heavy (non-hydrogen) atoms. The van der Waals surface area contributed by atoms with Crippen molar-refractivity contribution >= 4 is 25.9 Å². The summed E-state index contributed by atoms with van der Waals surface area (Å²) in [6, 6.07) is 16.2. The van der Waals surface area contributed by atoms with Crippen LogP contribution in [0.2, 0.25) is 25.7 Å². The summed E-state index contributed by atoms with van der Waals surface area (Å²) in [5.74, 6) is -0.785. The van der Waals surface area contributed by atoms with Crippen LogP contribution in [-0.2, 0) is 21.6 Å². The zero-order chi connectivity index (χ0) is 28.7. The lowest BCUT2D eigenvalue weighted by molar-refractivity contribution is -0.135. The molecule has 0 spiro atoms. The highest BCUT2D eigenvalue weighted by molar-refractivity contribution is 6.76. The Morgan fingerprint density at radius 2 is 1.80 bits per heavy atom. The summed E-state index contributed by atoms with van der Waals surface area (Å²) >= 11 is 0. The molecule has 10 heteroatoms. The van der Waals surface area contributed by atoms with Gasteiger partial charge in [0.1, 0.15) is 12.5 Å². The fraction of sp³-hybridized carbons (Fsp3) is 0.333. The van der Waals surface area contributed by atoms with E-state index >= 15 is 0 Å². The second kappa shape index (κ2) is 10.5. The predicted molar refractivity (Wildman–Crippen MR) is 153 cm³/mol. The number of hydrogen-bond acceptors (Lipinski definition) is 6. The first-order valence-electron chi connectivity index (χ1n) is 13.3. The maximum Gasteiger partial charge on any atom is 0.327 e. The maximum atomic E-state index is 14.0. The summed E-state index contributed by atoms with van der Waals surface area (Å²) in [6.07, 6.45) is 1.75. The molecule has 2 aromatic carbocycles. The topological polar surface area (TPSA) is 112 Å². The molecule has 0 radical (unpaired) electrons. The maximum absolute atomic E-state index is 14.0. The van der Waals surface area contributed by atoms with Gasteiger partial charge in [0.05, 0.1) is 12.2 Å². The van der Waals surface area contributed by atoms with Crippen molar-refractivity contribution in [2.24, 2.45) is 0 Å². The van der Waals surface area contributed by atoms with Gasteiger partial charge in [0, 0.05) is 38.5 Å². The number of nitrogens with zero attached hydrogens (tertiary/aromatic N) is 3. The van der Waals surface area contributed by atoms with E-state index in [0.29, 0.717) is 17.7 Å². The van der Waals surface area contributed by atoms with Gasteiger partial charge in [-0.2, -0.15) is 0 Å². The van der Waals surface area contributed by atoms with E-state index in [1.807, 2.05) is 31.2 Å². The van der Waals surface area contributed by atoms with Crippen molar-refractivity contribution in [2.45, 2.75) is 44.7 Å². The van der Waals surface area contributed by atoms with E-state index in [4.69, 9.17) is 4.74 Å². The average Bonchev–Trinajstić information content (AvgIpc) is 3.34. The minimum absolute atomic E-state index is 0.00380. The number of rotatable bonds is 9. The van der Waals surface area contributed by atoms with Crippen LogP contribution in [0.5, 0.6) is 5.75 Å². The monoisotopic (exact) mass is 558 g/mol. The number of carbonyl (C=O) groups excluding carboxylic acids is 3. The third-order valence-electron chi connectivity index (χ3n) is 7.38. The molecule has 4 amide bonds. The molecule has 9 nitrogen and oxygen atoms in total. The third-order valence-corrected chi connectivity index (χ3v) is 9.09. The van der Waals surface area contributed by atoms with Gasteiger partial charge in [-0.1, -0.05) is 50.0 Å². The van der Waals surface area contributed by atoms with Crippen LogP contribution in [0.25, 0.3) is 11.3 Å². The van der Waals surface area contributed by atoms with E-state index in [2.05, 4.69) is 29.9 Å². The zero-order valence-corrected chi connectivity index (χ0v) is 24.2. The van der Waals surface area contributed by atoms with Gasteiger partial charge in [-0.25, -0.2) is 9.69 Å². The van der Waals surface area contributed by atoms with Crippen LogP contribution >= 0.6 is 0 Å². The highest BCUT2D eigenvalue weighted by Gasteiger charge is 2.54. The molecule has 5 rings (SSSR count). The molecule has 1 atom stereocenters. The van der Waals surface area contributed by atoms with Crippen LogP contribution < -0.4 is 5.32 Å². The highest BCUT2D eigenvalue weighted by atomic mass is 28.3. The smallest absolute Gasteiger partial charge is 0.327 e. The number of fused-ring (bicyclic) bond motifs is 1. The largest absolute Gasteiger partial charge is 0.508 e. The van der Waals surface area contributed by atoms with Gasteiger partial charge in [-0.3, -0.25) is 14.6 Å². The number of imide groups is 1. The lowest BCUT2D eigenvalue weighted by atomic mass is 9.88. The van der Waals surface area contributed by atoms with E-state index in [1.165, 1.54) is 17.0 Å². The molecule has 3 aromatic rings. The first kappa shape index (κ1) is 27.5. The summed E-state index contributed by atoms with van der Waals surface area (Å²) in [6.45, 7) is 9.18. The molecular weight excluding hydrogens is 524 g/mol. The summed E-state index contributed by atoms with van der Waals surface area (Å²) in [5, 5.41) is 12.8. The van der Waals surface area contributed by atoms with Crippen molar-refractivity contribution in [1.29, 1.82) is 0 Å². The van der Waals surface area contributed by atoms with Gasteiger partial charge in [0.15, 0.2) is 5.54 Å². The van der Waals surface area contributed by atoms with Gasteiger partial charge in [0.2, 0.25) is 0 Å². The van der Waals surface area contributed by atoms with Crippen molar-refractivity contribution < 1.29 is 24.2 Å². The lowest BCUT2D eigenvalue weighted by Crippen LogP contribution is -2.53. The fourth-order valence-electron chi connectivity index (χ4n) is 5.05. The van der Waals surface area contributed by atoms with Crippen molar-refractivity contribution in [3.05, 3.63) is 83.0 Å². The van der Waals surface area contributed by atoms with E-state index in [-0.39, 0.29) is 31.5 Å². The molecule has 0 aliphatic carbocycles.